The summed E-state index contributed by atoms with van der Waals surface area (Å²) in [5, 5.41) is 0.665. The minimum atomic E-state index is 0.0155. The smallest absolute Gasteiger partial charge is 0.168 e. The highest BCUT2D eigenvalue weighted by atomic mass is 35.5. The SMILES string of the molecule is CCCOc1cncc(C(=O)Cc2ccc(Cl)cc2)c1. The third kappa shape index (κ3) is 4.07. The zero-order valence-corrected chi connectivity index (χ0v) is 12.1. The van der Waals surface area contributed by atoms with Crippen molar-refractivity contribution in [1.82, 2.24) is 4.98 Å². The molecule has 0 aliphatic rings. The third-order valence-electron chi connectivity index (χ3n) is 2.79. The van der Waals surface area contributed by atoms with E-state index in [4.69, 9.17) is 16.3 Å². The minimum Gasteiger partial charge on any atom is -0.492 e. The number of benzene rings is 1. The van der Waals surface area contributed by atoms with Gasteiger partial charge in [-0.05, 0) is 30.2 Å². The molecule has 20 heavy (non-hydrogen) atoms. The molecule has 2 aromatic rings. The number of ketones is 1. The van der Waals surface area contributed by atoms with Crippen LogP contribution in [0.25, 0.3) is 0 Å². The molecule has 0 unspecified atom stereocenters. The summed E-state index contributed by atoms with van der Waals surface area (Å²) in [5.74, 6) is 0.649. The van der Waals surface area contributed by atoms with Gasteiger partial charge in [0.15, 0.2) is 5.78 Å². The molecule has 1 heterocycles. The molecule has 0 aliphatic heterocycles. The fraction of sp³-hybridized carbons (Fsp3) is 0.250. The Morgan fingerprint density at radius 3 is 2.70 bits per heavy atom. The number of pyridine rings is 1. The number of carbonyl (C=O) groups excluding carboxylic acids is 1. The predicted octanol–water partition coefficient (Wildman–Crippen LogP) is 3.95. The lowest BCUT2D eigenvalue weighted by Crippen LogP contribution is -2.05. The van der Waals surface area contributed by atoms with Gasteiger partial charge in [-0.2, -0.15) is 0 Å². The maximum absolute atomic E-state index is 12.2. The molecule has 3 nitrogen and oxygen atoms in total. The van der Waals surface area contributed by atoms with Crippen molar-refractivity contribution in [2.45, 2.75) is 19.8 Å². The summed E-state index contributed by atoms with van der Waals surface area (Å²) >= 11 is 5.82. The number of aromatic nitrogens is 1. The van der Waals surface area contributed by atoms with Gasteiger partial charge in [-0.1, -0.05) is 30.7 Å². The Bertz CT molecular complexity index is 581. The lowest BCUT2D eigenvalue weighted by molar-refractivity contribution is 0.0992. The summed E-state index contributed by atoms with van der Waals surface area (Å²) in [5.41, 5.74) is 1.49. The molecule has 0 N–H and O–H groups in total. The molecular formula is C16H16ClNO2. The van der Waals surface area contributed by atoms with Gasteiger partial charge in [0.05, 0.1) is 12.8 Å². The number of rotatable bonds is 6. The maximum atomic E-state index is 12.2. The first-order valence-electron chi connectivity index (χ1n) is 6.54. The number of nitrogens with zero attached hydrogens (tertiary/aromatic N) is 1. The van der Waals surface area contributed by atoms with Gasteiger partial charge < -0.3 is 4.74 Å². The van der Waals surface area contributed by atoms with Gasteiger partial charge in [-0.25, -0.2) is 0 Å². The van der Waals surface area contributed by atoms with Crippen molar-refractivity contribution in [3.63, 3.8) is 0 Å². The summed E-state index contributed by atoms with van der Waals surface area (Å²) in [4.78, 5) is 16.2. The molecule has 0 amide bonds. The van der Waals surface area contributed by atoms with Crippen LogP contribution in [0, 0.1) is 0 Å². The summed E-state index contributed by atoms with van der Waals surface area (Å²) in [7, 11) is 0. The van der Waals surface area contributed by atoms with Gasteiger partial charge >= 0.3 is 0 Å². The first kappa shape index (κ1) is 14.5. The molecule has 4 heteroatoms. The molecule has 0 atom stereocenters. The van der Waals surface area contributed by atoms with Crippen molar-refractivity contribution in [3.8, 4) is 5.75 Å². The zero-order chi connectivity index (χ0) is 14.4. The van der Waals surface area contributed by atoms with Crippen LogP contribution >= 0.6 is 11.6 Å². The normalized spacial score (nSPS) is 10.3. The van der Waals surface area contributed by atoms with Crippen LogP contribution in [0.5, 0.6) is 5.75 Å². The summed E-state index contributed by atoms with van der Waals surface area (Å²) in [6, 6.07) is 9.00. The van der Waals surface area contributed by atoms with Crippen LogP contribution in [0.4, 0.5) is 0 Å². The first-order valence-corrected chi connectivity index (χ1v) is 6.92. The third-order valence-corrected chi connectivity index (χ3v) is 3.04. The Morgan fingerprint density at radius 1 is 1.25 bits per heavy atom. The van der Waals surface area contributed by atoms with Crippen LogP contribution in [0.15, 0.2) is 42.7 Å². The lowest BCUT2D eigenvalue weighted by atomic mass is 10.0. The Morgan fingerprint density at radius 2 is 2.00 bits per heavy atom. The van der Waals surface area contributed by atoms with Crippen LogP contribution in [0.2, 0.25) is 5.02 Å². The number of halogens is 1. The maximum Gasteiger partial charge on any atom is 0.168 e. The Balaban J connectivity index is 2.06. The quantitative estimate of drug-likeness (QED) is 0.756. The fourth-order valence-corrected chi connectivity index (χ4v) is 1.89. The average molecular weight is 290 g/mol. The van der Waals surface area contributed by atoms with Gasteiger partial charge in [0.1, 0.15) is 5.75 Å². The molecule has 0 fully saturated rings. The molecule has 0 saturated heterocycles. The van der Waals surface area contributed by atoms with Gasteiger partial charge in [-0.3, -0.25) is 9.78 Å². The lowest BCUT2D eigenvalue weighted by Gasteiger charge is -2.06. The van der Waals surface area contributed by atoms with Crippen molar-refractivity contribution in [3.05, 3.63) is 58.9 Å². The highest BCUT2D eigenvalue weighted by Crippen LogP contribution is 2.15. The van der Waals surface area contributed by atoms with Crippen LogP contribution in [-0.2, 0) is 6.42 Å². The molecule has 0 aliphatic carbocycles. The van der Waals surface area contributed by atoms with Crippen LogP contribution in [0.1, 0.15) is 29.3 Å². The summed E-state index contributed by atoms with van der Waals surface area (Å²) in [6.07, 6.45) is 4.44. The van der Waals surface area contributed by atoms with Crippen molar-refractivity contribution in [2.75, 3.05) is 6.61 Å². The van der Waals surface area contributed by atoms with Crippen molar-refractivity contribution in [2.24, 2.45) is 0 Å². The standard InChI is InChI=1S/C16H16ClNO2/c1-2-7-20-15-9-13(10-18-11-15)16(19)8-12-3-5-14(17)6-4-12/h3-6,9-11H,2,7-8H2,1H3. The molecule has 2 rings (SSSR count). The van der Waals surface area contributed by atoms with Gasteiger partial charge in [0.25, 0.3) is 0 Å². The van der Waals surface area contributed by atoms with E-state index in [9.17, 15) is 4.79 Å². The average Bonchev–Trinajstić information content (AvgIpc) is 2.48. The number of hydrogen-bond acceptors (Lipinski definition) is 3. The molecule has 1 aromatic carbocycles. The first-order chi connectivity index (χ1) is 9.69. The summed E-state index contributed by atoms with van der Waals surface area (Å²) < 4.78 is 5.48. The van der Waals surface area contributed by atoms with E-state index in [1.54, 1.807) is 30.6 Å². The van der Waals surface area contributed by atoms with E-state index in [-0.39, 0.29) is 5.78 Å². The Hall–Kier alpha value is -1.87. The topological polar surface area (TPSA) is 39.2 Å². The number of hydrogen-bond donors (Lipinski definition) is 0. The van der Waals surface area contributed by atoms with Crippen LogP contribution in [0.3, 0.4) is 0 Å². The largest absolute Gasteiger partial charge is 0.492 e. The number of ether oxygens (including phenoxy) is 1. The second-order valence-corrected chi connectivity index (χ2v) is 4.92. The minimum absolute atomic E-state index is 0.0155. The molecule has 0 radical (unpaired) electrons. The van der Waals surface area contributed by atoms with E-state index in [0.29, 0.717) is 29.4 Å². The van der Waals surface area contributed by atoms with Crippen LogP contribution in [-0.4, -0.2) is 17.4 Å². The van der Waals surface area contributed by atoms with Gasteiger partial charge in [0, 0.05) is 23.2 Å². The van der Waals surface area contributed by atoms with Crippen molar-refractivity contribution in [1.29, 1.82) is 0 Å². The highest BCUT2D eigenvalue weighted by Gasteiger charge is 2.09. The van der Waals surface area contributed by atoms with E-state index in [1.165, 1.54) is 0 Å². The molecular weight excluding hydrogens is 274 g/mol. The van der Waals surface area contributed by atoms with Gasteiger partial charge in [0.2, 0.25) is 0 Å². The molecule has 0 spiro atoms. The van der Waals surface area contributed by atoms with Gasteiger partial charge in [-0.15, -0.1) is 0 Å². The highest BCUT2D eigenvalue weighted by molar-refractivity contribution is 6.30. The van der Waals surface area contributed by atoms with Crippen molar-refractivity contribution >= 4 is 17.4 Å². The zero-order valence-electron chi connectivity index (χ0n) is 11.3. The van der Waals surface area contributed by atoms with E-state index in [0.717, 1.165) is 12.0 Å². The molecule has 0 saturated carbocycles. The molecule has 1 aromatic heterocycles. The van der Waals surface area contributed by atoms with E-state index >= 15 is 0 Å². The summed E-state index contributed by atoms with van der Waals surface area (Å²) in [6.45, 7) is 2.65. The Kier molecular flexibility index (Phi) is 5.13. The van der Waals surface area contributed by atoms with Crippen LogP contribution < -0.4 is 4.74 Å². The van der Waals surface area contributed by atoms with E-state index < -0.39 is 0 Å². The Labute approximate surface area is 123 Å². The second-order valence-electron chi connectivity index (χ2n) is 4.48. The van der Waals surface area contributed by atoms with E-state index in [2.05, 4.69) is 4.98 Å². The van der Waals surface area contributed by atoms with E-state index in [1.807, 2.05) is 19.1 Å². The van der Waals surface area contributed by atoms with Crippen molar-refractivity contribution < 1.29 is 9.53 Å². The number of Topliss-reactive ketones (excluding diaryl/α,β-unsaturated/α-hetero) is 1. The monoisotopic (exact) mass is 289 g/mol. The second kappa shape index (κ2) is 7.06. The molecule has 0 bridgehead atoms. The molecule has 104 valence electrons. The number of carbonyl (C=O) groups is 1. The fourth-order valence-electron chi connectivity index (χ4n) is 1.76. The predicted molar refractivity (Wildman–Crippen MR) is 79.5 cm³/mol.